The number of aromatic nitrogens is 4. The van der Waals surface area contributed by atoms with Crippen LogP contribution in [0.3, 0.4) is 0 Å². The summed E-state index contributed by atoms with van der Waals surface area (Å²) in [5, 5.41) is 5.24. The van der Waals surface area contributed by atoms with Crippen LogP contribution in [0.4, 0.5) is 23.6 Å². The summed E-state index contributed by atoms with van der Waals surface area (Å²) in [6.07, 6.45) is 2.51. The van der Waals surface area contributed by atoms with E-state index in [9.17, 15) is 26.0 Å². The van der Waals surface area contributed by atoms with Gasteiger partial charge in [-0.25, -0.2) is 35.9 Å². The Balaban J connectivity index is 1.41. The molecule has 202 valence electrons. The molecule has 0 amide bonds. The van der Waals surface area contributed by atoms with Crippen molar-refractivity contribution in [2.75, 3.05) is 24.2 Å². The Morgan fingerprint density at radius 1 is 1.08 bits per heavy atom. The molecule has 9 nitrogen and oxygen atoms in total. The van der Waals surface area contributed by atoms with Crippen molar-refractivity contribution in [3.63, 3.8) is 0 Å². The quantitative estimate of drug-likeness (QED) is 0.236. The van der Waals surface area contributed by atoms with Crippen LogP contribution < -0.4 is 9.64 Å². The van der Waals surface area contributed by atoms with Crippen molar-refractivity contribution in [2.24, 2.45) is 0 Å². The molecule has 0 radical (unpaired) electrons. The minimum atomic E-state index is -4.57. The third kappa shape index (κ3) is 4.57. The summed E-state index contributed by atoms with van der Waals surface area (Å²) in [5.41, 5.74) is -1.30. The van der Waals surface area contributed by atoms with Gasteiger partial charge in [-0.2, -0.15) is 4.98 Å². The maximum atomic E-state index is 14.9. The lowest BCUT2D eigenvalue weighted by Crippen LogP contribution is -2.38. The van der Waals surface area contributed by atoms with Gasteiger partial charge in [-0.05, 0) is 0 Å². The van der Waals surface area contributed by atoms with Crippen LogP contribution >= 0.6 is 11.3 Å². The molecule has 38 heavy (non-hydrogen) atoms. The molecule has 1 saturated heterocycles. The summed E-state index contributed by atoms with van der Waals surface area (Å²) < 4.78 is 93.9. The number of halogens is 4. The largest absolute Gasteiger partial charge is 0.473 e. The van der Waals surface area contributed by atoms with Crippen molar-refractivity contribution < 1.29 is 35.2 Å². The van der Waals surface area contributed by atoms with Crippen molar-refractivity contribution in [1.29, 1.82) is 0 Å². The van der Waals surface area contributed by atoms with E-state index in [1.807, 2.05) is 18.7 Å². The van der Waals surface area contributed by atoms with Crippen LogP contribution in [-0.2, 0) is 9.84 Å². The van der Waals surface area contributed by atoms with Crippen molar-refractivity contribution in [3.8, 4) is 17.0 Å². The van der Waals surface area contributed by atoms with Gasteiger partial charge in [0.2, 0.25) is 5.88 Å². The van der Waals surface area contributed by atoms with Crippen molar-refractivity contribution in [2.45, 2.75) is 43.6 Å². The summed E-state index contributed by atoms with van der Waals surface area (Å²) in [5.74, 6) is -6.76. The zero-order chi connectivity index (χ0) is 27.4. The Hall–Kier alpha value is -3.33. The Morgan fingerprint density at radius 3 is 2.32 bits per heavy atom. The molecule has 0 unspecified atom stereocenters. The number of thiophene rings is 1. The lowest BCUT2D eigenvalue weighted by molar-refractivity contribution is 0.164. The molecule has 3 aromatic heterocycles. The molecule has 5 rings (SSSR count). The number of rotatable bonds is 6. The van der Waals surface area contributed by atoms with Crippen LogP contribution in [0.25, 0.3) is 21.3 Å². The zero-order valence-electron chi connectivity index (χ0n) is 20.3. The van der Waals surface area contributed by atoms with Crippen LogP contribution in [0.5, 0.6) is 5.88 Å². The second-order valence-electron chi connectivity index (χ2n) is 9.13. The molecule has 0 saturated carbocycles. The molecule has 1 fully saturated rings. The highest BCUT2D eigenvalue weighted by Gasteiger charge is 2.33. The van der Waals surface area contributed by atoms with Crippen molar-refractivity contribution >= 4 is 37.4 Å². The monoisotopic (exact) mass is 571 g/mol. The molecular formula is C23H21F4N5O4S2. The van der Waals surface area contributed by atoms with Gasteiger partial charge in [-0.15, -0.1) is 11.3 Å². The van der Waals surface area contributed by atoms with Gasteiger partial charge in [0.05, 0.1) is 11.1 Å². The van der Waals surface area contributed by atoms with Gasteiger partial charge in [0.15, 0.2) is 38.9 Å². The first kappa shape index (κ1) is 26.3. The number of benzene rings is 1. The van der Waals surface area contributed by atoms with Gasteiger partial charge in [-0.1, -0.05) is 19.0 Å². The minimum Gasteiger partial charge on any atom is -0.473 e. The maximum absolute atomic E-state index is 14.9. The van der Waals surface area contributed by atoms with Gasteiger partial charge in [-0.3, -0.25) is 0 Å². The first-order valence-corrected chi connectivity index (χ1v) is 14.3. The predicted molar refractivity (Wildman–Crippen MR) is 130 cm³/mol. The minimum absolute atomic E-state index is 0.00761. The second kappa shape index (κ2) is 9.76. The lowest BCUT2D eigenvalue weighted by atomic mass is 10.1. The molecule has 0 N–H and O–H groups in total. The van der Waals surface area contributed by atoms with E-state index < -0.39 is 43.6 Å². The smallest absolute Gasteiger partial charge is 0.324 e. The molecule has 1 aromatic carbocycles. The van der Waals surface area contributed by atoms with Crippen molar-refractivity contribution in [3.05, 3.63) is 40.8 Å². The Morgan fingerprint density at radius 2 is 1.74 bits per heavy atom. The number of piperidine rings is 1. The number of nitrogens with zero attached hydrogens (tertiary/aromatic N) is 5. The van der Waals surface area contributed by atoms with E-state index in [0.29, 0.717) is 48.7 Å². The summed E-state index contributed by atoms with van der Waals surface area (Å²) in [6.45, 7) is 5.09. The number of sulfone groups is 1. The van der Waals surface area contributed by atoms with Crippen LogP contribution in [0.1, 0.15) is 38.4 Å². The summed E-state index contributed by atoms with van der Waals surface area (Å²) in [4.78, 5) is 12.9. The lowest BCUT2D eigenvalue weighted by Gasteiger charge is -2.30. The van der Waals surface area contributed by atoms with Crippen LogP contribution in [0, 0.1) is 23.3 Å². The topological polar surface area (TPSA) is 111 Å². The number of fused-ring (bicyclic) bond motifs is 1. The van der Waals surface area contributed by atoms with Crippen LogP contribution in [0.15, 0.2) is 21.1 Å². The highest BCUT2D eigenvalue weighted by atomic mass is 32.2. The third-order valence-electron chi connectivity index (χ3n) is 6.12. The van der Waals surface area contributed by atoms with E-state index in [0.717, 1.165) is 17.7 Å². The van der Waals surface area contributed by atoms with Crippen LogP contribution in [0.2, 0.25) is 0 Å². The number of hydrogen-bond donors (Lipinski definition) is 0. The fourth-order valence-corrected chi connectivity index (χ4v) is 5.95. The predicted octanol–water partition coefficient (Wildman–Crippen LogP) is 4.87. The molecule has 4 heterocycles. The molecule has 1 aliphatic heterocycles. The molecule has 0 spiro atoms. The van der Waals surface area contributed by atoms with Crippen LogP contribution in [-0.4, -0.2) is 54.0 Å². The molecule has 0 aliphatic carbocycles. The van der Waals surface area contributed by atoms with Gasteiger partial charge in [0.1, 0.15) is 22.0 Å². The van der Waals surface area contributed by atoms with Gasteiger partial charge < -0.3 is 14.2 Å². The summed E-state index contributed by atoms with van der Waals surface area (Å²) >= 11 is 0.976. The fraction of sp³-hybridized carbons (Fsp3) is 0.391. The second-order valence-corrected chi connectivity index (χ2v) is 12.0. The van der Waals surface area contributed by atoms with Gasteiger partial charge in [0.25, 0.3) is 0 Å². The Kier molecular flexibility index (Phi) is 6.75. The number of anilines is 1. The normalized spacial score (nSPS) is 15.1. The van der Waals surface area contributed by atoms with E-state index in [4.69, 9.17) is 9.26 Å². The summed E-state index contributed by atoms with van der Waals surface area (Å²) in [6, 6.07) is 0.435. The number of ether oxygens (including phenoxy) is 1. The average Bonchev–Trinajstić information content (AvgIpc) is 3.52. The molecular weight excluding hydrogens is 550 g/mol. The molecule has 1 aliphatic rings. The highest BCUT2D eigenvalue weighted by Crippen LogP contribution is 2.41. The van der Waals surface area contributed by atoms with Gasteiger partial charge in [0, 0.05) is 49.0 Å². The van der Waals surface area contributed by atoms with Crippen molar-refractivity contribution in [1.82, 2.24) is 20.1 Å². The standard InChI is InChI=1S/C23H21F4N5O4S2/c1-10(2)21-30-23(36-31-21)32-6-4-11(5-7-32)35-22-19-18(28-9-29-22)12(8-37-19)13-14(24)16(26)20(38(3,33)34)17(27)15(13)25/h8-11H,4-7H2,1-3H3. The average molecular weight is 572 g/mol. The number of hydrogen-bond acceptors (Lipinski definition) is 10. The maximum Gasteiger partial charge on any atom is 0.324 e. The first-order chi connectivity index (χ1) is 18.0. The zero-order valence-corrected chi connectivity index (χ0v) is 22.0. The summed E-state index contributed by atoms with van der Waals surface area (Å²) in [7, 11) is -4.57. The molecule has 15 heteroatoms. The van der Waals surface area contributed by atoms with E-state index >= 15 is 0 Å². The first-order valence-electron chi connectivity index (χ1n) is 11.5. The van der Waals surface area contributed by atoms with E-state index in [1.165, 1.54) is 5.38 Å². The third-order valence-corrected chi connectivity index (χ3v) is 8.18. The molecule has 0 atom stereocenters. The van der Waals surface area contributed by atoms with E-state index in [-0.39, 0.29) is 29.0 Å². The Bertz CT molecular complexity index is 1600. The highest BCUT2D eigenvalue weighted by molar-refractivity contribution is 7.90. The SMILES string of the molecule is CC(C)c1noc(N2CCC(Oc3ncnc4c(-c5c(F)c(F)c(S(C)(=O)=O)c(F)c5F)csc34)CC2)n1. The fourth-order valence-electron chi connectivity index (χ4n) is 4.18. The van der Waals surface area contributed by atoms with Gasteiger partial charge >= 0.3 is 6.01 Å². The molecule has 4 aromatic rings. The molecule has 0 bridgehead atoms. The van der Waals surface area contributed by atoms with E-state index in [2.05, 4.69) is 20.1 Å². The van der Waals surface area contributed by atoms with E-state index in [1.54, 1.807) is 0 Å². The Labute approximate surface area is 218 Å².